The Hall–Kier alpha value is -2.33. The molecule has 23 heavy (non-hydrogen) atoms. The molecule has 0 aliphatic heterocycles. The van der Waals surface area contributed by atoms with Crippen molar-refractivity contribution in [1.29, 1.82) is 0 Å². The molecule has 0 radical (unpaired) electrons. The number of H-pyrrole nitrogens is 1. The molecule has 0 aliphatic rings. The number of ether oxygens (including phenoxy) is 1. The van der Waals surface area contributed by atoms with Crippen molar-refractivity contribution in [2.45, 2.75) is 13.8 Å². The first-order valence-corrected chi connectivity index (χ1v) is 8.20. The summed E-state index contributed by atoms with van der Waals surface area (Å²) in [5.41, 5.74) is 3.11. The molecule has 0 fully saturated rings. The van der Waals surface area contributed by atoms with Gasteiger partial charge in [0.25, 0.3) is 0 Å². The van der Waals surface area contributed by atoms with Gasteiger partial charge in [0.05, 0.1) is 11.0 Å². The smallest absolute Gasteiger partial charge is 0.138 e. The summed E-state index contributed by atoms with van der Waals surface area (Å²) in [6.45, 7) is 8.14. The van der Waals surface area contributed by atoms with Gasteiger partial charge in [-0.15, -0.1) is 0 Å². The van der Waals surface area contributed by atoms with Gasteiger partial charge in [-0.2, -0.15) is 0 Å². The van der Waals surface area contributed by atoms with E-state index in [9.17, 15) is 0 Å². The minimum Gasteiger partial charge on any atom is -0.492 e. The molecule has 120 valence electrons. The Morgan fingerprint density at radius 3 is 2.43 bits per heavy atom. The first-order valence-electron chi connectivity index (χ1n) is 8.20. The number of imidazole rings is 1. The van der Waals surface area contributed by atoms with Crippen molar-refractivity contribution in [2.75, 3.05) is 26.2 Å². The van der Waals surface area contributed by atoms with E-state index in [4.69, 9.17) is 4.74 Å². The van der Waals surface area contributed by atoms with Crippen LogP contribution in [0.5, 0.6) is 5.75 Å². The number of para-hydroxylation sites is 2. The van der Waals surface area contributed by atoms with Gasteiger partial charge in [0.15, 0.2) is 0 Å². The zero-order valence-corrected chi connectivity index (χ0v) is 13.7. The molecule has 2 aromatic carbocycles. The second-order valence-electron chi connectivity index (χ2n) is 5.50. The number of nitrogens with zero attached hydrogens (tertiary/aromatic N) is 2. The summed E-state index contributed by atoms with van der Waals surface area (Å²) >= 11 is 0. The van der Waals surface area contributed by atoms with E-state index in [1.807, 2.05) is 48.5 Å². The van der Waals surface area contributed by atoms with E-state index < -0.39 is 0 Å². The Bertz CT molecular complexity index is 712. The molecule has 0 unspecified atom stereocenters. The van der Waals surface area contributed by atoms with E-state index in [0.29, 0.717) is 6.61 Å². The lowest BCUT2D eigenvalue weighted by Crippen LogP contribution is -2.27. The SMILES string of the molecule is CCN(CC)CCOc1ccc(-c2nc3ccccc3[nH]2)cc1. The number of hydrogen-bond donors (Lipinski definition) is 1. The molecule has 0 amide bonds. The van der Waals surface area contributed by atoms with Crippen LogP contribution in [0, 0.1) is 0 Å². The Labute approximate surface area is 137 Å². The second-order valence-corrected chi connectivity index (χ2v) is 5.50. The average molecular weight is 309 g/mol. The van der Waals surface area contributed by atoms with Crippen LogP contribution in [0.2, 0.25) is 0 Å². The fourth-order valence-electron chi connectivity index (χ4n) is 2.63. The molecular formula is C19H23N3O. The molecule has 4 nitrogen and oxygen atoms in total. The highest BCUT2D eigenvalue weighted by Crippen LogP contribution is 2.22. The van der Waals surface area contributed by atoms with Crippen LogP contribution >= 0.6 is 0 Å². The zero-order valence-electron chi connectivity index (χ0n) is 13.7. The van der Waals surface area contributed by atoms with Crippen LogP contribution in [0.3, 0.4) is 0 Å². The monoisotopic (exact) mass is 309 g/mol. The van der Waals surface area contributed by atoms with Crippen LogP contribution in [0.4, 0.5) is 0 Å². The van der Waals surface area contributed by atoms with Crippen molar-refractivity contribution in [3.63, 3.8) is 0 Å². The van der Waals surface area contributed by atoms with Gasteiger partial charge >= 0.3 is 0 Å². The summed E-state index contributed by atoms with van der Waals surface area (Å²) in [6, 6.07) is 16.2. The van der Waals surface area contributed by atoms with Crippen LogP contribution in [-0.4, -0.2) is 41.1 Å². The van der Waals surface area contributed by atoms with Crippen LogP contribution in [0.25, 0.3) is 22.4 Å². The van der Waals surface area contributed by atoms with Gasteiger partial charge in [-0.3, -0.25) is 0 Å². The van der Waals surface area contributed by atoms with Crippen LogP contribution in [-0.2, 0) is 0 Å². The van der Waals surface area contributed by atoms with Crippen molar-refractivity contribution in [1.82, 2.24) is 14.9 Å². The fraction of sp³-hybridized carbons (Fsp3) is 0.316. The number of benzene rings is 2. The van der Waals surface area contributed by atoms with E-state index in [0.717, 1.165) is 47.8 Å². The molecule has 0 saturated carbocycles. The molecule has 0 bridgehead atoms. The van der Waals surface area contributed by atoms with Gasteiger partial charge in [0.2, 0.25) is 0 Å². The Morgan fingerprint density at radius 1 is 1.00 bits per heavy atom. The zero-order chi connectivity index (χ0) is 16.1. The normalized spacial score (nSPS) is 11.3. The van der Waals surface area contributed by atoms with E-state index >= 15 is 0 Å². The third-order valence-electron chi connectivity index (χ3n) is 4.09. The first-order chi connectivity index (χ1) is 11.3. The second kappa shape index (κ2) is 7.29. The Kier molecular flexibility index (Phi) is 4.93. The lowest BCUT2D eigenvalue weighted by molar-refractivity contribution is 0.223. The van der Waals surface area contributed by atoms with Gasteiger partial charge in [-0.05, 0) is 49.5 Å². The lowest BCUT2D eigenvalue weighted by atomic mass is 10.2. The van der Waals surface area contributed by atoms with Crippen molar-refractivity contribution in [3.8, 4) is 17.1 Å². The van der Waals surface area contributed by atoms with Crippen molar-refractivity contribution < 1.29 is 4.74 Å². The van der Waals surface area contributed by atoms with E-state index in [2.05, 4.69) is 28.7 Å². The Morgan fingerprint density at radius 2 is 1.74 bits per heavy atom. The topological polar surface area (TPSA) is 41.1 Å². The summed E-state index contributed by atoms with van der Waals surface area (Å²) in [7, 11) is 0. The molecule has 4 heteroatoms. The van der Waals surface area contributed by atoms with Gasteiger partial charge in [0, 0.05) is 12.1 Å². The van der Waals surface area contributed by atoms with Gasteiger partial charge in [-0.25, -0.2) is 4.98 Å². The van der Waals surface area contributed by atoms with E-state index in [1.165, 1.54) is 0 Å². The molecule has 1 aromatic heterocycles. The Balaban J connectivity index is 1.65. The van der Waals surface area contributed by atoms with Crippen molar-refractivity contribution in [2.24, 2.45) is 0 Å². The maximum Gasteiger partial charge on any atom is 0.138 e. The molecule has 0 saturated heterocycles. The summed E-state index contributed by atoms with van der Waals surface area (Å²) in [5, 5.41) is 0. The highest BCUT2D eigenvalue weighted by atomic mass is 16.5. The highest BCUT2D eigenvalue weighted by Gasteiger charge is 2.05. The molecule has 1 N–H and O–H groups in total. The molecule has 3 rings (SSSR count). The van der Waals surface area contributed by atoms with Crippen molar-refractivity contribution in [3.05, 3.63) is 48.5 Å². The molecule has 3 aromatic rings. The lowest BCUT2D eigenvalue weighted by Gasteiger charge is -2.18. The van der Waals surface area contributed by atoms with E-state index in [-0.39, 0.29) is 0 Å². The average Bonchev–Trinajstić information content (AvgIpc) is 3.03. The summed E-state index contributed by atoms with van der Waals surface area (Å²) < 4.78 is 5.82. The maximum atomic E-state index is 5.82. The standard InChI is InChI=1S/C19H23N3O/c1-3-22(4-2)13-14-23-16-11-9-15(10-12-16)19-20-17-7-5-6-8-18(17)21-19/h5-12H,3-4,13-14H2,1-2H3,(H,20,21). The number of hydrogen-bond acceptors (Lipinski definition) is 3. The third kappa shape index (κ3) is 3.71. The quantitative estimate of drug-likeness (QED) is 0.718. The van der Waals surface area contributed by atoms with Gasteiger partial charge in [0.1, 0.15) is 18.2 Å². The molecular weight excluding hydrogens is 286 g/mol. The fourth-order valence-corrected chi connectivity index (χ4v) is 2.63. The predicted octanol–water partition coefficient (Wildman–Crippen LogP) is 3.95. The number of aromatic nitrogens is 2. The molecule has 0 atom stereocenters. The van der Waals surface area contributed by atoms with Crippen LogP contribution in [0.1, 0.15) is 13.8 Å². The van der Waals surface area contributed by atoms with Crippen LogP contribution < -0.4 is 4.74 Å². The molecule has 0 aliphatic carbocycles. The van der Waals surface area contributed by atoms with Crippen molar-refractivity contribution >= 4 is 11.0 Å². The first kappa shape index (κ1) is 15.6. The third-order valence-corrected chi connectivity index (χ3v) is 4.09. The number of fused-ring (bicyclic) bond motifs is 1. The summed E-state index contributed by atoms with van der Waals surface area (Å²) in [6.07, 6.45) is 0. The maximum absolute atomic E-state index is 5.82. The molecule has 0 spiro atoms. The van der Waals surface area contributed by atoms with Crippen LogP contribution in [0.15, 0.2) is 48.5 Å². The highest BCUT2D eigenvalue weighted by molar-refractivity contribution is 5.79. The van der Waals surface area contributed by atoms with Gasteiger partial charge < -0.3 is 14.6 Å². The number of likely N-dealkylation sites (N-methyl/N-ethyl adjacent to an activating group) is 1. The summed E-state index contributed by atoms with van der Waals surface area (Å²) in [5.74, 6) is 1.79. The molecule has 1 heterocycles. The number of aromatic amines is 1. The predicted molar refractivity (Wildman–Crippen MR) is 94.8 cm³/mol. The number of nitrogens with one attached hydrogen (secondary N) is 1. The minimum atomic E-state index is 0.714. The number of rotatable bonds is 7. The minimum absolute atomic E-state index is 0.714. The van der Waals surface area contributed by atoms with Gasteiger partial charge in [-0.1, -0.05) is 26.0 Å². The largest absolute Gasteiger partial charge is 0.492 e. The van der Waals surface area contributed by atoms with E-state index in [1.54, 1.807) is 0 Å². The summed E-state index contributed by atoms with van der Waals surface area (Å²) in [4.78, 5) is 10.3.